The second-order valence-corrected chi connectivity index (χ2v) is 4.48. The molecule has 2 heteroatoms. The Labute approximate surface area is 95.3 Å². The third kappa shape index (κ3) is 4.71. The van der Waals surface area contributed by atoms with E-state index in [0.29, 0.717) is 0 Å². The lowest BCUT2D eigenvalue weighted by atomic mass is 10.1. The third-order valence-corrected chi connectivity index (χ3v) is 2.72. The molecule has 0 radical (unpaired) electrons. The SMILES string of the molecule is CC(=O)SCCC#Cc1ccccc1C. The molecular formula is C13H14OS. The zero-order valence-corrected chi connectivity index (χ0v) is 9.86. The van der Waals surface area contributed by atoms with E-state index in [4.69, 9.17) is 0 Å². The van der Waals surface area contributed by atoms with Crippen LogP contribution in [-0.4, -0.2) is 10.9 Å². The monoisotopic (exact) mass is 218 g/mol. The van der Waals surface area contributed by atoms with Crippen LogP contribution in [0.15, 0.2) is 24.3 Å². The summed E-state index contributed by atoms with van der Waals surface area (Å²) in [7, 11) is 0. The number of carbonyl (C=O) groups is 1. The maximum atomic E-state index is 10.6. The van der Waals surface area contributed by atoms with E-state index in [1.54, 1.807) is 6.92 Å². The van der Waals surface area contributed by atoms with Gasteiger partial charge in [-0.3, -0.25) is 4.79 Å². The van der Waals surface area contributed by atoms with Gasteiger partial charge in [0.2, 0.25) is 0 Å². The number of benzene rings is 1. The van der Waals surface area contributed by atoms with E-state index in [9.17, 15) is 4.79 Å². The molecule has 1 rings (SSSR count). The van der Waals surface area contributed by atoms with Gasteiger partial charge in [-0.1, -0.05) is 41.8 Å². The fraction of sp³-hybridized carbons (Fsp3) is 0.308. The van der Waals surface area contributed by atoms with Crippen LogP contribution in [0.2, 0.25) is 0 Å². The van der Waals surface area contributed by atoms with Gasteiger partial charge in [-0.05, 0) is 18.6 Å². The molecule has 0 aromatic heterocycles. The Hall–Kier alpha value is -1.20. The van der Waals surface area contributed by atoms with Gasteiger partial charge in [-0.2, -0.15) is 0 Å². The van der Waals surface area contributed by atoms with E-state index in [1.165, 1.54) is 17.3 Å². The number of carbonyl (C=O) groups excluding carboxylic acids is 1. The molecule has 0 bridgehead atoms. The average molecular weight is 218 g/mol. The van der Waals surface area contributed by atoms with Crippen molar-refractivity contribution in [3.05, 3.63) is 35.4 Å². The maximum Gasteiger partial charge on any atom is 0.185 e. The Kier molecular flexibility index (Phi) is 5.00. The van der Waals surface area contributed by atoms with Crippen molar-refractivity contribution in [3.8, 4) is 11.8 Å². The fourth-order valence-electron chi connectivity index (χ4n) is 1.12. The molecular weight excluding hydrogens is 204 g/mol. The largest absolute Gasteiger partial charge is 0.288 e. The molecule has 1 nitrogen and oxygen atoms in total. The summed E-state index contributed by atoms with van der Waals surface area (Å²) in [4.78, 5) is 10.6. The minimum absolute atomic E-state index is 0.160. The van der Waals surface area contributed by atoms with Gasteiger partial charge < -0.3 is 0 Å². The highest BCUT2D eigenvalue weighted by molar-refractivity contribution is 8.13. The summed E-state index contributed by atoms with van der Waals surface area (Å²) in [5.74, 6) is 6.97. The second-order valence-electron chi connectivity index (χ2n) is 3.21. The zero-order chi connectivity index (χ0) is 11.1. The molecule has 0 saturated carbocycles. The first-order valence-corrected chi connectivity index (χ1v) is 5.86. The van der Waals surface area contributed by atoms with E-state index in [1.807, 2.05) is 31.2 Å². The molecule has 1 aromatic carbocycles. The van der Waals surface area contributed by atoms with Gasteiger partial charge in [0.25, 0.3) is 0 Å². The van der Waals surface area contributed by atoms with Crippen molar-refractivity contribution in [3.63, 3.8) is 0 Å². The Morgan fingerprint density at radius 1 is 1.40 bits per heavy atom. The Morgan fingerprint density at radius 3 is 2.80 bits per heavy atom. The van der Waals surface area contributed by atoms with Gasteiger partial charge in [0.1, 0.15) is 0 Å². The predicted molar refractivity (Wildman–Crippen MR) is 65.8 cm³/mol. The molecule has 0 fully saturated rings. The lowest BCUT2D eigenvalue weighted by Crippen LogP contribution is -1.84. The summed E-state index contributed by atoms with van der Waals surface area (Å²) in [5, 5.41) is 0.160. The van der Waals surface area contributed by atoms with Crippen LogP contribution in [0.5, 0.6) is 0 Å². The standard InChI is InChI=1S/C13H14OS/c1-11-7-3-4-8-13(11)9-5-6-10-15-12(2)14/h3-4,7-8H,6,10H2,1-2H3. The highest BCUT2D eigenvalue weighted by Gasteiger charge is 1.92. The molecule has 0 aliphatic carbocycles. The molecule has 15 heavy (non-hydrogen) atoms. The van der Waals surface area contributed by atoms with Crippen molar-refractivity contribution in [1.29, 1.82) is 0 Å². The Balaban J connectivity index is 2.45. The third-order valence-electron chi connectivity index (χ3n) is 1.90. The molecule has 0 atom stereocenters. The molecule has 78 valence electrons. The number of aryl methyl sites for hydroxylation is 1. The van der Waals surface area contributed by atoms with Crippen LogP contribution in [0.25, 0.3) is 0 Å². The first-order valence-electron chi connectivity index (χ1n) is 4.88. The smallest absolute Gasteiger partial charge is 0.185 e. The van der Waals surface area contributed by atoms with Crippen molar-refractivity contribution in [2.24, 2.45) is 0 Å². The van der Waals surface area contributed by atoms with Crippen LogP contribution in [-0.2, 0) is 4.79 Å². The maximum absolute atomic E-state index is 10.6. The molecule has 1 aromatic rings. The van der Waals surface area contributed by atoms with E-state index < -0.39 is 0 Å². The number of thioether (sulfide) groups is 1. The molecule has 0 aliphatic heterocycles. The molecule has 0 N–H and O–H groups in total. The van der Waals surface area contributed by atoms with Gasteiger partial charge in [0, 0.05) is 24.7 Å². The topological polar surface area (TPSA) is 17.1 Å². The number of rotatable bonds is 2. The van der Waals surface area contributed by atoms with Crippen molar-refractivity contribution >= 4 is 16.9 Å². The number of hydrogen-bond donors (Lipinski definition) is 0. The quantitative estimate of drug-likeness (QED) is 0.560. The van der Waals surface area contributed by atoms with Crippen molar-refractivity contribution in [1.82, 2.24) is 0 Å². The normalized spacial score (nSPS) is 9.20. The minimum atomic E-state index is 0.160. The fourth-order valence-corrected chi connectivity index (χ4v) is 1.61. The van der Waals surface area contributed by atoms with Gasteiger partial charge in [-0.25, -0.2) is 0 Å². The van der Waals surface area contributed by atoms with E-state index in [0.717, 1.165) is 17.7 Å². The van der Waals surface area contributed by atoms with Gasteiger partial charge in [0.15, 0.2) is 5.12 Å². The summed E-state index contributed by atoms with van der Waals surface area (Å²) in [6, 6.07) is 8.06. The lowest BCUT2D eigenvalue weighted by molar-refractivity contribution is -0.109. The van der Waals surface area contributed by atoms with Gasteiger partial charge in [0.05, 0.1) is 0 Å². The highest BCUT2D eigenvalue weighted by atomic mass is 32.2. The van der Waals surface area contributed by atoms with Crippen LogP contribution < -0.4 is 0 Å². The average Bonchev–Trinajstić information content (AvgIpc) is 2.20. The number of hydrogen-bond acceptors (Lipinski definition) is 2. The predicted octanol–water partition coefficient (Wildman–Crippen LogP) is 3.02. The summed E-state index contributed by atoms with van der Waals surface area (Å²) in [6.07, 6.45) is 0.762. The summed E-state index contributed by atoms with van der Waals surface area (Å²) < 4.78 is 0. The summed E-state index contributed by atoms with van der Waals surface area (Å²) >= 11 is 1.33. The van der Waals surface area contributed by atoms with E-state index in [2.05, 4.69) is 11.8 Å². The van der Waals surface area contributed by atoms with Crippen molar-refractivity contribution in [2.45, 2.75) is 20.3 Å². The second kappa shape index (κ2) is 6.31. The van der Waals surface area contributed by atoms with E-state index in [-0.39, 0.29) is 5.12 Å². The minimum Gasteiger partial charge on any atom is -0.288 e. The molecule has 0 heterocycles. The van der Waals surface area contributed by atoms with Crippen LogP contribution in [0.3, 0.4) is 0 Å². The summed E-state index contributed by atoms with van der Waals surface area (Å²) in [5.41, 5.74) is 2.27. The summed E-state index contributed by atoms with van der Waals surface area (Å²) in [6.45, 7) is 3.63. The first kappa shape index (κ1) is 11.9. The zero-order valence-electron chi connectivity index (χ0n) is 9.04. The van der Waals surface area contributed by atoms with Gasteiger partial charge >= 0.3 is 0 Å². The lowest BCUT2D eigenvalue weighted by Gasteiger charge is -1.94. The molecule has 0 saturated heterocycles. The Morgan fingerprint density at radius 2 is 2.13 bits per heavy atom. The molecule has 0 amide bonds. The van der Waals surface area contributed by atoms with Crippen molar-refractivity contribution < 1.29 is 4.79 Å². The van der Waals surface area contributed by atoms with Crippen LogP contribution >= 0.6 is 11.8 Å². The van der Waals surface area contributed by atoms with Gasteiger partial charge in [-0.15, -0.1) is 0 Å². The molecule has 0 spiro atoms. The Bertz CT molecular complexity index is 398. The van der Waals surface area contributed by atoms with Crippen molar-refractivity contribution in [2.75, 3.05) is 5.75 Å². The first-order chi connectivity index (χ1) is 7.20. The molecule has 0 unspecified atom stereocenters. The van der Waals surface area contributed by atoms with Crippen LogP contribution in [0.1, 0.15) is 24.5 Å². The molecule has 0 aliphatic rings. The van der Waals surface area contributed by atoms with Crippen LogP contribution in [0, 0.1) is 18.8 Å². The van der Waals surface area contributed by atoms with E-state index >= 15 is 0 Å². The van der Waals surface area contributed by atoms with Crippen LogP contribution in [0.4, 0.5) is 0 Å². The highest BCUT2D eigenvalue weighted by Crippen LogP contribution is 2.05.